The van der Waals surface area contributed by atoms with Crippen molar-refractivity contribution in [1.29, 1.82) is 0 Å². The van der Waals surface area contributed by atoms with Crippen molar-refractivity contribution in [2.75, 3.05) is 0 Å². The molecule has 2 rings (SSSR count). The van der Waals surface area contributed by atoms with Crippen LogP contribution >= 0.6 is 11.6 Å². The van der Waals surface area contributed by atoms with E-state index in [0.29, 0.717) is 0 Å². The smallest absolute Gasteiger partial charge is 0.141 e. The first-order chi connectivity index (χ1) is 6.27. The maximum Gasteiger partial charge on any atom is 0.141 e. The highest BCUT2D eigenvalue weighted by molar-refractivity contribution is 6.30. The average molecular weight is 196 g/mol. The number of rotatable bonds is 1. The molecule has 0 spiro atoms. The number of benzene rings is 1. The average Bonchev–Trinajstić information content (AvgIpc) is 2.62. The molecule has 0 amide bonds. The molecule has 0 aliphatic rings. The third kappa shape index (κ3) is 1.58. The fourth-order valence-corrected chi connectivity index (χ4v) is 1.33. The number of nitrogens with zero attached hydrogens (tertiary/aromatic N) is 1. The molecule has 0 radical (unpaired) electrons. The summed E-state index contributed by atoms with van der Waals surface area (Å²) >= 11 is 5.64. The topological polar surface area (TPSA) is 4.93 Å². The lowest BCUT2D eigenvalue weighted by Crippen LogP contribution is -1.89. The Labute approximate surface area is 80.4 Å². The summed E-state index contributed by atoms with van der Waals surface area (Å²) in [7, 11) is 0. The van der Waals surface area contributed by atoms with E-state index in [0.717, 1.165) is 5.69 Å². The maximum atomic E-state index is 12.8. The molecule has 0 unspecified atom stereocenters. The zero-order chi connectivity index (χ0) is 9.26. The van der Waals surface area contributed by atoms with Crippen molar-refractivity contribution in [3.05, 3.63) is 53.6 Å². The Morgan fingerprint density at radius 3 is 2.46 bits per heavy atom. The predicted molar refractivity (Wildman–Crippen MR) is 50.7 cm³/mol. The molecule has 0 aliphatic carbocycles. The first kappa shape index (κ1) is 8.32. The van der Waals surface area contributed by atoms with E-state index in [1.807, 2.05) is 29.1 Å². The van der Waals surface area contributed by atoms with Crippen molar-refractivity contribution in [3.8, 4) is 5.69 Å². The van der Waals surface area contributed by atoms with Gasteiger partial charge in [-0.2, -0.15) is 0 Å². The van der Waals surface area contributed by atoms with Gasteiger partial charge in [-0.25, -0.2) is 4.39 Å². The maximum absolute atomic E-state index is 12.8. The van der Waals surface area contributed by atoms with Crippen molar-refractivity contribution in [3.63, 3.8) is 0 Å². The van der Waals surface area contributed by atoms with E-state index in [1.54, 1.807) is 12.1 Å². The molecule has 0 aliphatic heterocycles. The van der Waals surface area contributed by atoms with Crippen LogP contribution in [-0.2, 0) is 0 Å². The molecule has 1 aromatic carbocycles. The van der Waals surface area contributed by atoms with Gasteiger partial charge in [-0.1, -0.05) is 11.6 Å². The third-order valence-corrected chi connectivity index (χ3v) is 2.10. The zero-order valence-electron chi connectivity index (χ0n) is 6.74. The monoisotopic (exact) mass is 195 g/mol. The Morgan fingerprint density at radius 2 is 1.85 bits per heavy atom. The van der Waals surface area contributed by atoms with Gasteiger partial charge in [-0.15, -0.1) is 0 Å². The minimum absolute atomic E-state index is 0.145. The van der Waals surface area contributed by atoms with Crippen LogP contribution in [0, 0.1) is 5.82 Å². The second kappa shape index (κ2) is 3.23. The molecule has 3 heteroatoms. The fraction of sp³-hybridized carbons (Fsp3) is 0. The summed E-state index contributed by atoms with van der Waals surface area (Å²) in [4.78, 5) is 0. The minimum atomic E-state index is -0.391. The molecule has 0 bridgehead atoms. The number of aromatic nitrogens is 1. The van der Waals surface area contributed by atoms with E-state index in [1.165, 1.54) is 6.07 Å². The molecular formula is C10H7ClFN. The molecule has 0 atom stereocenters. The molecule has 0 N–H and O–H groups in total. The lowest BCUT2D eigenvalue weighted by Gasteiger charge is -2.02. The first-order valence-corrected chi connectivity index (χ1v) is 4.23. The van der Waals surface area contributed by atoms with Gasteiger partial charge in [0.05, 0.1) is 5.02 Å². The van der Waals surface area contributed by atoms with Gasteiger partial charge in [0, 0.05) is 18.1 Å². The second-order valence-corrected chi connectivity index (χ2v) is 3.10. The van der Waals surface area contributed by atoms with Gasteiger partial charge in [-0.3, -0.25) is 0 Å². The van der Waals surface area contributed by atoms with Crippen LogP contribution in [0.2, 0.25) is 5.02 Å². The molecule has 0 fully saturated rings. The Bertz CT molecular complexity index is 409. The number of halogens is 2. The van der Waals surface area contributed by atoms with E-state index in [9.17, 15) is 4.39 Å². The Hall–Kier alpha value is -1.28. The van der Waals surface area contributed by atoms with Crippen molar-refractivity contribution in [1.82, 2.24) is 4.57 Å². The lowest BCUT2D eigenvalue weighted by molar-refractivity contribution is 0.628. The summed E-state index contributed by atoms with van der Waals surface area (Å²) in [5.41, 5.74) is 0.858. The SMILES string of the molecule is Fc1ccc(-n2cccc2)cc1Cl. The predicted octanol–water partition coefficient (Wildman–Crippen LogP) is 3.27. The van der Waals surface area contributed by atoms with E-state index in [-0.39, 0.29) is 5.02 Å². The molecule has 13 heavy (non-hydrogen) atoms. The van der Waals surface area contributed by atoms with Gasteiger partial charge >= 0.3 is 0 Å². The summed E-state index contributed by atoms with van der Waals surface area (Å²) in [6, 6.07) is 8.43. The third-order valence-electron chi connectivity index (χ3n) is 1.81. The van der Waals surface area contributed by atoms with Crippen LogP contribution in [0.1, 0.15) is 0 Å². The lowest BCUT2D eigenvalue weighted by atomic mass is 10.3. The summed E-state index contributed by atoms with van der Waals surface area (Å²) in [5.74, 6) is -0.391. The molecule has 1 nitrogen and oxygen atoms in total. The van der Waals surface area contributed by atoms with Gasteiger partial charge in [0.2, 0.25) is 0 Å². The zero-order valence-corrected chi connectivity index (χ0v) is 7.50. The van der Waals surface area contributed by atoms with Crippen molar-refractivity contribution < 1.29 is 4.39 Å². The molecule has 1 heterocycles. The normalized spacial score (nSPS) is 10.3. The van der Waals surface area contributed by atoms with Crippen LogP contribution < -0.4 is 0 Å². The van der Waals surface area contributed by atoms with E-state index < -0.39 is 5.82 Å². The van der Waals surface area contributed by atoms with Crippen molar-refractivity contribution >= 4 is 11.6 Å². The van der Waals surface area contributed by atoms with Gasteiger partial charge in [-0.05, 0) is 30.3 Å². The highest BCUT2D eigenvalue weighted by Gasteiger charge is 2.00. The van der Waals surface area contributed by atoms with Gasteiger partial charge in [0.1, 0.15) is 5.82 Å². The van der Waals surface area contributed by atoms with E-state index in [4.69, 9.17) is 11.6 Å². The van der Waals surface area contributed by atoms with Crippen molar-refractivity contribution in [2.24, 2.45) is 0 Å². The first-order valence-electron chi connectivity index (χ1n) is 3.86. The summed E-state index contributed by atoms with van der Waals surface area (Å²) in [6.45, 7) is 0. The Balaban J connectivity index is 2.49. The van der Waals surface area contributed by atoms with Crippen molar-refractivity contribution in [2.45, 2.75) is 0 Å². The molecular weight excluding hydrogens is 189 g/mol. The summed E-state index contributed by atoms with van der Waals surface area (Å²) in [5, 5.41) is 0.145. The van der Waals surface area contributed by atoms with Gasteiger partial charge < -0.3 is 4.57 Å². The minimum Gasteiger partial charge on any atom is -0.324 e. The molecule has 1 aromatic heterocycles. The Kier molecular flexibility index (Phi) is 2.07. The largest absolute Gasteiger partial charge is 0.324 e. The summed E-state index contributed by atoms with van der Waals surface area (Å²) in [6.07, 6.45) is 3.76. The van der Waals surface area contributed by atoms with Crippen LogP contribution in [0.4, 0.5) is 4.39 Å². The van der Waals surface area contributed by atoms with Crippen LogP contribution in [0.5, 0.6) is 0 Å². The van der Waals surface area contributed by atoms with Crippen LogP contribution in [0.25, 0.3) is 5.69 Å². The van der Waals surface area contributed by atoms with Gasteiger partial charge in [0.15, 0.2) is 0 Å². The fourth-order valence-electron chi connectivity index (χ4n) is 1.15. The highest BCUT2D eigenvalue weighted by atomic mass is 35.5. The number of hydrogen-bond acceptors (Lipinski definition) is 0. The van der Waals surface area contributed by atoms with E-state index in [2.05, 4.69) is 0 Å². The number of hydrogen-bond donors (Lipinski definition) is 0. The molecule has 0 saturated heterocycles. The quantitative estimate of drug-likeness (QED) is 0.658. The molecule has 66 valence electrons. The summed E-state index contributed by atoms with van der Waals surface area (Å²) < 4.78 is 14.7. The van der Waals surface area contributed by atoms with Crippen LogP contribution in [0.15, 0.2) is 42.7 Å². The molecule has 0 saturated carbocycles. The van der Waals surface area contributed by atoms with E-state index >= 15 is 0 Å². The highest BCUT2D eigenvalue weighted by Crippen LogP contribution is 2.18. The standard InChI is InChI=1S/C10H7ClFN/c11-9-7-8(3-4-10(9)12)13-5-1-2-6-13/h1-7H. The van der Waals surface area contributed by atoms with Crippen LogP contribution in [-0.4, -0.2) is 4.57 Å². The van der Waals surface area contributed by atoms with Gasteiger partial charge in [0.25, 0.3) is 0 Å². The second-order valence-electron chi connectivity index (χ2n) is 2.69. The molecule has 2 aromatic rings. The Morgan fingerprint density at radius 1 is 1.15 bits per heavy atom. The van der Waals surface area contributed by atoms with Crippen LogP contribution in [0.3, 0.4) is 0 Å².